The number of ether oxygens (including phenoxy) is 2. The topological polar surface area (TPSA) is 123 Å². The van der Waals surface area contributed by atoms with Crippen molar-refractivity contribution in [1.29, 1.82) is 5.26 Å². The number of aryl methyl sites for hydroxylation is 1. The first-order valence-electron chi connectivity index (χ1n) is 13.4. The Balaban J connectivity index is 1.43. The van der Waals surface area contributed by atoms with Crippen LogP contribution in [0.1, 0.15) is 47.8 Å². The maximum absolute atomic E-state index is 13.5. The number of nitrogens with one attached hydrogen (secondary N) is 1. The lowest BCUT2D eigenvalue weighted by molar-refractivity contribution is 0.102. The van der Waals surface area contributed by atoms with Crippen LogP contribution in [0.2, 0.25) is 0 Å². The Labute approximate surface area is 239 Å². The number of hydrogen-bond donors (Lipinski definition) is 1. The van der Waals surface area contributed by atoms with Gasteiger partial charge in [-0.15, -0.1) is 5.10 Å². The summed E-state index contributed by atoms with van der Waals surface area (Å²) in [4.78, 5) is 20.3. The van der Waals surface area contributed by atoms with Crippen LogP contribution in [0.5, 0.6) is 5.75 Å². The molecule has 1 aliphatic rings. The van der Waals surface area contributed by atoms with E-state index in [2.05, 4.69) is 31.6 Å². The number of nitrogens with zero attached hydrogens (tertiary/aromatic N) is 7. The van der Waals surface area contributed by atoms with Gasteiger partial charge in [0.1, 0.15) is 17.5 Å². The van der Waals surface area contributed by atoms with E-state index in [0.717, 1.165) is 41.5 Å². The first-order valence-corrected chi connectivity index (χ1v) is 13.4. The van der Waals surface area contributed by atoms with Gasteiger partial charge in [0.05, 0.1) is 55.2 Å². The number of imidazole rings is 1. The highest BCUT2D eigenvalue weighted by Crippen LogP contribution is 2.32. The summed E-state index contributed by atoms with van der Waals surface area (Å²) in [5.74, 6) is 0.743. The molecule has 0 unspecified atom stereocenters. The van der Waals surface area contributed by atoms with Crippen molar-refractivity contribution in [3.05, 3.63) is 65.0 Å². The zero-order valence-corrected chi connectivity index (χ0v) is 24.2. The third-order valence-electron chi connectivity index (χ3n) is 7.25. The van der Waals surface area contributed by atoms with E-state index in [4.69, 9.17) is 9.47 Å². The van der Waals surface area contributed by atoms with Crippen LogP contribution >= 0.6 is 0 Å². The summed E-state index contributed by atoms with van der Waals surface area (Å²) in [5, 5.41) is 21.5. The van der Waals surface area contributed by atoms with Crippen LogP contribution in [0.15, 0.2) is 42.7 Å². The van der Waals surface area contributed by atoms with Crippen LogP contribution in [0.25, 0.3) is 17.1 Å². The first kappa shape index (κ1) is 27.9. The van der Waals surface area contributed by atoms with E-state index in [1.54, 1.807) is 23.0 Å². The number of morpholine rings is 1. The smallest absolute Gasteiger partial charge is 0.259 e. The van der Waals surface area contributed by atoms with E-state index >= 15 is 0 Å². The summed E-state index contributed by atoms with van der Waals surface area (Å²) < 4.78 is 14.6. The van der Waals surface area contributed by atoms with Gasteiger partial charge in [0.15, 0.2) is 0 Å². The van der Waals surface area contributed by atoms with Crippen molar-refractivity contribution in [2.75, 3.05) is 43.6 Å². The second-order valence-corrected chi connectivity index (χ2v) is 11.1. The molecule has 2 aromatic carbocycles. The fraction of sp³-hybridized carbons (Fsp3) is 0.367. The molecule has 5 rings (SSSR count). The third-order valence-corrected chi connectivity index (χ3v) is 7.25. The molecule has 0 radical (unpaired) electrons. The van der Waals surface area contributed by atoms with Crippen molar-refractivity contribution in [2.45, 2.75) is 33.1 Å². The fourth-order valence-electron chi connectivity index (χ4n) is 4.86. The maximum Gasteiger partial charge on any atom is 0.259 e. The van der Waals surface area contributed by atoms with Crippen molar-refractivity contribution in [3.8, 4) is 28.9 Å². The standard InChI is InChI=1S/C30H34N8O3/c1-19-7-8-22(33-28(39)23-14-21(30(2,3)4)13-20(16-31)27(23)40-6)15-25(19)38-18-24(34-35-38)26-17-32-29(36(26)5)37-9-11-41-12-10-37/h7-8,13-15,17-18H,9-12H2,1-6H3,(H,33,39). The number of amides is 1. The Morgan fingerprint density at radius 1 is 1.17 bits per heavy atom. The van der Waals surface area contributed by atoms with Gasteiger partial charge in [-0.2, -0.15) is 5.26 Å². The SMILES string of the molecule is COc1c(C#N)cc(C(C)(C)C)cc1C(=O)Nc1ccc(C)c(-n2cc(-c3cnc(N4CCOCC4)n3C)nn2)c1. The van der Waals surface area contributed by atoms with E-state index in [-0.39, 0.29) is 17.1 Å². The fourth-order valence-corrected chi connectivity index (χ4v) is 4.86. The summed E-state index contributed by atoms with van der Waals surface area (Å²) in [7, 11) is 3.43. The second-order valence-electron chi connectivity index (χ2n) is 11.1. The monoisotopic (exact) mass is 554 g/mol. The van der Waals surface area contributed by atoms with Crippen LogP contribution in [0.3, 0.4) is 0 Å². The molecule has 1 saturated heterocycles. The van der Waals surface area contributed by atoms with Crippen molar-refractivity contribution in [1.82, 2.24) is 24.5 Å². The summed E-state index contributed by atoms with van der Waals surface area (Å²) in [6.07, 6.45) is 3.65. The highest BCUT2D eigenvalue weighted by atomic mass is 16.5. The molecule has 11 nitrogen and oxygen atoms in total. The van der Waals surface area contributed by atoms with Gasteiger partial charge in [0.25, 0.3) is 5.91 Å². The minimum absolute atomic E-state index is 0.249. The van der Waals surface area contributed by atoms with E-state index in [1.807, 2.05) is 63.7 Å². The summed E-state index contributed by atoms with van der Waals surface area (Å²) in [6.45, 7) is 11.0. The molecule has 1 N–H and O–H groups in total. The normalized spacial score (nSPS) is 13.6. The maximum atomic E-state index is 13.5. The van der Waals surface area contributed by atoms with Gasteiger partial charge >= 0.3 is 0 Å². The molecule has 2 aromatic heterocycles. The van der Waals surface area contributed by atoms with E-state index < -0.39 is 0 Å². The molecular formula is C30H34N8O3. The average Bonchev–Trinajstić information content (AvgIpc) is 3.59. The largest absolute Gasteiger partial charge is 0.495 e. The Hall–Kier alpha value is -4.69. The first-order chi connectivity index (χ1) is 19.6. The van der Waals surface area contributed by atoms with Gasteiger partial charge in [0, 0.05) is 25.8 Å². The Kier molecular flexibility index (Phi) is 7.51. The van der Waals surface area contributed by atoms with Gasteiger partial charge in [-0.25, -0.2) is 9.67 Å². The molecule has 1 aliphatic heterocycles. The number of carbonyl (C=O) groups is 1. The number of rotatable bonds is 6. The summed E-state index contributed by atoms with van der Waals surface area (Å²) in [6, 6.07) is 11.3. The molecular weight excluding hydrogens is 520 g/mol. The lowest BCUT2D eigenvalue weighted by atomic mass is 9.84. The van der Waals surface area contributed by atoms with Crippen LogP contribution in [-0.4, -0.2) is 63.9 Å². The lowest BCUT2D eigenvalue weighted by Gasteiger charge is -2.27. The minimum Gasteiger partial charge on any atom is -0.495 e. The number of methoxy groups -OCH3 is 1. The quantitative estimate of drug-likeness (QED) is 0.375. The summed E-state index contributed by atoms with van der Waals surface area (Å²) >= 11 is 0. The van der Waals surface area contributed by atoms with Gasteiger partial charge < -0.3 is 24.3 Å². The number of carbonyl (C=O) groups excluding carboxylic acids is 1. The molecule has 0 atom stereocenters. The van der Waals surface area contributed by atoms with Crippen molar-refractivity contribution >= 4 is 17.5 Å². The van der Waals surface area contributed by atoms with Crippen LogP contribution in [-0.2, 0) is 17.2 Å². The van der Waals surface area contributed by atoms with Gasteiger partial charge in [-0.05, 0) is 47.7 Å². The molecule has 212 valence electrons. The Morgan fingerprint density at radius 3 is 2.61 bits per heavy atom. The molecule has 1 amide bonds. The number of benzene rings is 2. The average molecular weight is 555 g/mol. The Morgan fingerprint density at radius 2 is 1.93 bits per heavy atom. The van der Waals surface area contributed by atoms with Crippen molar-refractivity contribution in [3.63, 3.8) is 0 Å². The molecule has 0 bridgehead atoms. The van der Waals surface area contributed by atoms with Crippen LogP contribution < -0.4 is 15.0 Å². The zero-order chi connectivity index (χ0) is 29.3. The molecule has 3 heterocycles. The number of nitriles is 1. The molecule has 0 saturated carbocycles. The minimum atomic E-state index is -0.371. The molecule has 11 heteroatoms. The predicted octanol–water partition coefficient (Wildman–Crippen LogP) is 4.24. The molecule has 1 fully saturated rings. The van der Waals surface area contributed by atoms with E-state index in [9.17, 15) is 10.1 Å². The molecule has 0 aliphatic carbocycles. The molecule has 4 aromatic rings. The van der Waals surface area contributed by atoms with Crippen molar-refractivity contribution < 1.29 is 14.3 Å². The van der Waals surface area contributed by atoms with E-state index in [1.165, 1.54) is 7.11 Å². The predicted molar refractivity (Wildman–Crippen MR) is 156 cm³/mol. The third kappa shape index (κ3) is 5.51. The van der Waals surface area contributed by atoms with Crippen LogP contribution in [0, 0.1) is 18.3 Å². The zero-order valence-electron chi connectivity index (χ0n) is 24.2. The summed E-state index contributed by atoms with van der Waals surface area (Å²) in [5.41, 5.74) is 5.05. The number of anilines is 2. The molecule has 0 spiro atoms. The number of aromatic nitrogens is 5. The number of hydrogen-bond acceptors (Lipinski definition) is 8. The highest BCUT2D eigenvalue weighted by molar-refractivity contribution is 6.07. The van der Waals surface area contributed by atoms with Gasteiger partial charge in [-0.3, -0.25) is 4.79 Å². The molecule has 41 heavy (non-hydrogen) atoms. The lowest BCUT2D eigenvalue weighted by Crippen LogP contribution is -2.37. The van der Waals surface area contributed by atoms with Crippen LogP contribution in [0.4, 0.5) is 11.6 Å². The van der Waals surface area contributed by atoms with Crippen molar-refractivity contribution in [2.24, 2.45) is 7.05 Å². The second kappa shape index (κ2) is 11.1. The van der Waals surface area contributed by atoms with E-state index in [0.29, 0.717) is 35.7 Å². The Bertz CT molecular complexity index is 1630. The highest BCUT2D eigenvalue weighted by Gasteiger charge is 2.24. The van der Waals surface area contributed by atoms with Gasteiger partial charge in [-0.1, -0.05) is 32.1 Å². The van der Waals surface area contributed by atoms with Gasteiger partial charge in [0.2, 0.25) is 5.95 Å².